The van der Waals surface area contributed by atoms with Crippen LogP contribution in [-0.2, 0) is 13.0 Å². The maximum Gasteiger partial charge on any atom is 0.261 e. The number of anilines is 1. The first-order valence-electron chi connectivity index (χ1n) is 12.1. The Morgan fingerprint density at radius 1 is 1.21 bits per heavy atom. The number of hydrogen-bond acceptors (Lipinski definition) is 5. The van der Waals surface area contributed by atoms with E-state index in [2.05, 4.69) is 36.6 Å². The van der Waals surface area contributed by atoms with Gasteiger partial charge in [-0.3, -0.25) is 9.36 Å². The number of aryl methyl sites for hydroxylation is 2. The number of nitrogens with zero attached hydrogens (tertiary/aromatic N) is 2. The number of hydrazine groups is 1. The molecule has 0 spiro atoms. The molecule has 1 aromatic heterocycles. The predicted octanol–water partition coefficient (Wildman–Crippen LogP) is 4.77. The van der Waals surface area contributed by atoms with E-state index in [-0.39, 0.29) is 11.4 Å². The summed E-state index contributed by atoms with van der Waals surface area (Å²) in [5.41, 5.74) is 9.29. The van der Waals surface area contributed by atoms with Crippen molar-refractivity contribution in [1.82, 2.24) is 15.0 Å². The Morgan fingerprint density at radius 2 is 2.03 bits per heavy atom. The van der Waals surface area contributed by atoms with Crippen molar-refractivity contribution in [3.63, 3.8) is 0 Å². The van der Waals surface area contributed by atoms with Crippen molar-refractivity contribution < 1.29 is 9.13 Å². The van der Waals surface area contributed by atoms with E-state index in [0.29, 0.717) is 52.6 Å². The van der Waals surface area contributed by atoms with E-state index in [1.54, 1.807) is 18.5 Å². The second kappa shape index (κ2) is 8.69. The van der Waals surface area contributed by atoms with Gasteiger partial charge in [-0.1, -0.05) is 26.8 Å². The molecule has 2 N–H and O–H groups in total. The number of rotatable bonds is 7. The Bertz CT molecular complexity index is 1270. The van der Waals surface area contributed by atoms with Crippen molar-refractivity contribution in [2.24, 2.45) is 23.2 Å². The van der Waals surface area contributed by atoms with Crippen molar-refractivity contribution in [3.05, 3.63) is 64.5 Å². The molecular formula is C27H33FN4O2. The molecule has 0 radical (unpaired) electrons. The van der Waals surface area contributed by atoms with Gasteiger partial charge in [-0.15, -0.1) is 0 Å². The average molecular weight is 465 g/mol. The molecule has 3 aromatic rings. The lowest BCUT2D eigenvalue weighted by atomic mass is 9.45. The molecule has 6 nitrogen and oxygen atoms in total. The molecule has 2 aromatic carbocycles. The third-order valence-corrected chi connectivity index (χ3v) is 8.46. The second-order valence-electron chi connectivity index (χ2n) is 10.5. The van der Waals surface area contributed by atoms with E-state index in [1.807, 2.05) is 18.2 Å². The standard InChI is InChI=1S/C27H33FN4O2/c1-16-22-11-18(27(22,2)3)12-24(16)31-30-19-6-8-21-25(13-19)29-15-32(26(21)33)10-9-17-5-7-20(34-4)14-23(17)28/h5-8,13-16,18,22,24,30-31H,9-12H2,1-4H3/t16-,18+,22-,24?/m0/s1. The van der Waals surface area contributed by atoms with Gasteiger partial charge in [0.25, 0.3) is 5.56 Å². The van der Waals surface area contributed by atoms with E-state index in [1.165, 1.54) is 30.6 Å². The SMILES string of the molecule is COc1ccc(CCn2cnc3cc(NNC4C[C@H]5C[C@@H]([C@@H]4C)C5(C)C)ccc3c2=O)c(F)c1. The van der Waals surface area contributed by atoms with Gasteiger partial charge in [0.15, 0.2) is 0 Å². The summed E-state index contributed by atoms with van der Waals surface area (Å²) in [5.74, 6) is 2.32. The fraction of sp³-hybridized carbons (Fsp3) is 0.481. The predicted molar refractivity (Wildman–Crippen MR) is 132 cm³/mol. The topological polar surface area (TPSA) is 68.2 Å². The van der Waals surface area contributed by atoms with Crippen molar-refractivity contribution in [3.8, 4) is 5.75 Å². The fourth-order valence-corrected chi connectivity index (χ4v) is 6.01. The molecule has 7 heteroatoms. The van der Waals surface area contributed by atoms with Crippen LogP contribution in [0.1, 0.15) is 39.2 Å². The van der Waals surface area contributed by atoms with Crippen LogP contribution in [0.3, 0.4) is 0 Å². The number of hydrogen-bond donors (Lipinski definition) is 2. The summed E-state index contributed by atoms with van der Waals surface area (Å²) in [5, 5.41) is 0.553. The molecule has 3 aliphatic carbocycles. The van der Waals surface area contributed by atoms with Crippen LogP contribution < -0.4 is 21.1 Å². The van der Waals surface area contributed by atoms with Crippen LogP contribution >= 0.6 is 0 Å². The number of benzene rings is 2. The average Bonchev–Trinajstić information content (AvgIpc) is 2.83. The normalized spacial score (nSPS) is 25.1. The molecule has 1 heterocycles. The highest BCUT2D eigenvalue weighted by atomic mass is 19.1. The summed E-state index contributed by atoms with van der Waals surface area (Å²) >= 11 is 0. The summed E-state index contributed by atoms with van der Waals surface area (Å²) in [6.45, 7) is 7.51. The Labute approximate surface area is 199 Å². The van der Waals surface area contributed by atoms with Gasteiger partial charge in [0.2, 0.25) is 0 Å². The van der Waals surface area contributed by atoms with Gasteiger partial charge in [0.05, 0.1) is 30.0 Å². The summed E-state index contributed by atoms with van der Waals surface area (Å²) in [6.07, 6.45) is 4.47. The van der Waals surface area contributed by atoms with Crippen LogP contribution in [0, 0.1) is 29.0 Å². The third-order valence-electron chi connectivity index (χ3n) is 8.46. The minimum Gasteiger partial charge on any atom is -0.497 e. The number of aromatic nitrogens is 2. The Kier molecular flexibility index (Phi) is 5.84. The molecule has 2 bridgehead atoms. The summed E-state index contributed by atoms with van der Waals surface area (Å²) < 4.78 is 20.8. The van der Waals surface area contributed by atoms with Crippen LogP contribution in [0.4, 0.5) is 10.1 Å². The van der Waals surface area contributed by atoms with Crippen LogP contribution in [0.15, 0.2) is 47.5 Å². The Balaban J connectivity index is 1.25. The maximum absolute atomic E-state index is 14.2. The largest absolute Gasteiger partial charge is 0.497 e. The first kappa shape index (κ1) is 22.8. The van der Waals surface area contributed by atoms with E-state index >= 15 is 0 Å². The lowest BCUT2D eigenvalue weighted by Crippen LogP contribution is -2.60. The number of fused-ring (bicyclic) bond motifs is 3. The number of nitrogens with one attached hydrogen (secondary N) is 2. The molecular weight excluding hydrogens is 431 g/mol. The molecule has 1 unspecified atom stereocenters. The molecule has 3 saturated carbocycles. The molecule has 3 aliphatic rings. The second-order valence-corrected chi connectivity index (χ2v) is 10.5. The van der Waals surface area contributed by atoms with Gasteiger partial charge in [-0.05, 0) is 72.3 Å². The zero-order chi connectivity index (χ0) is 24.0. The molecule has 4 atom stereocenters. The number of halogens is 1. The van der Waals surface area contributed by atoms with Crippen molar-refractivity contribution in [1.29, 1.82) is 0 Å². The first-order chi connectivity index (χ1) is 16.3. The number of ether oxygens (including phenoxy) is 1. The smallest absolute Gasteiger partial charge is 0.261 e. The van der Waals surface area contributed by atoms with Crippen molar-refractivity contribution in [2.75, 3.05) is 12.5 Å². The highest BCUT2D eigenvalue weighted by molar-refractivity contribution is 5.81. The Morgan fingerprint density at radius 3 is 2.74 bits per heavy atom. The Hall–Kier alpha value is -2.93. The summed E-state index contributed by atoms with van der Waals surface area (Å²) in [7, 11) is 1.51. The summed E-state index contributed by atoms with van der Waals surface area (Å²) in [6, 6.07) is 10.8. The summed E-state index contributed by atoms with van der Waals surface area (Å²) in [4.78, 5) is 17.5. The zero-order valence-corrected chi connectivity index (χ0v) is 20.3. The van der Waals surface area contributed by atoms with Crippen LogP contribution in [0.5, 0.6) is 5.75 Å². The van der Waals surface area contributed by atoms with E-state index in [0.717, 1.165) is 17.5 Å². The minimum atomic E-state index is -0.336. The first-order valence-corrected chi connectivity index (χ1v) is 12.1. The maximum atomic E-state index is 14.2. The molecule has 0 aliphatic heterocycles. The number of methoxy groups -OCH3 is 1. The van der Waals surface area contributed by atoms with E-state index in [4.69, 9.17) is 4.74 Å². The van der Waals surface area contributed by atoms with Gasteiger partial charge in [0, 0.05) is 18.7 Å². The van der Waals surface area contributed by atoms with Gasteiger partial charge in [0.1, 0.15) is 11.6 Å². The van der Waals surface area contributed by atoms with Crippen molar-refractivity contribution in [2.45, 2.75) is 52.6 Å². The molecule has 34 heavy (non-hydrogen) atoms. The lowest BCUT2D eigenvalue weighted by molar-refractivity contribution is -0.113. The van der Waals surface area contributed by atoms with Gasteiger partial charge >= 0.3 is 0 Å². The van der Waals surface area contributed by atoms with Crippen molar-refractivity contribution >= 4 is 16.6 Å². The molecule has 180 valence electrons. The fourth-order valence-electron chi connectivity index (χ4n) is 6.01. The third kappa shape index (κ3) is 3.96. The highest BCUT2D eigenvalue weighted by Gasteiger charge is 2.56. The van der Waals surface area contributed by atoms with Gasteiger partial charge in [-0.2, -0.15) is 0 Å². The molecule has 0 saturated heterocycles. The zero-order valence-electron chi connectivity index (χ0n) is 20.3. The quantitative estimate of drug-likeness (QED) is 0.493. The lowest BCUT2D eigenvalue weighted by Gasteiger charge is -2.62. The van der Waals surface area contributed by atoms with Gasteiger partial charge in [-0.25, -0.2) is 14.8 Å². The molecule has 0 amide bonds. The van der Waals surface area contributed by atoms with E-state index < -0.39 is 0 Å². The minimum absolute atomic E-state index is 0.123. The van der Waals surface area contributed by atoms with E-state index in [9.17, 15) is 9.18 Å². The van der Waals surface area contributed by atoms with Crippen LogP contribution in [0.2, 0.25) is 0 Å². The van der Waals surface area contributed by atoms with Crippen LogP contribution in [0.25, 0.3) is 10.9 Å². The monoisotopic (exact) mass is 464 g/mol. The highest BCUT2D eigenvalue weighted by Crippen LogP contribution is 2.61. The molecule has 6 rings (SSSR count). The molecule has 3 fully saturated rings. The van der Waals surface area contributed by atoms with Crippen LogP contribution in [-0.4, -0.2) is 22.7 Å². The van der Waals surface area contributed by atoms with Gasteiger partial charge < -0.3 is 10.2 Å².